The van der Waals surface area contributed by atoms with Crippen molar-refractivity contribution in [3.8, 4) is 11.3 Å². The van der Waals surface area contributed by atoms with Crippen molar-refractivity contribution >= 4 is 17.3 Å². The van der Waals surface area contributed by atoms with E-state index in [0.717, 1.165) is 17.8 Å². The molecule has 0 amide bonds. The zero-order chi connectivity index (χ0) is 22.2. The molecule has 5 rings (SSSR count). The standard InChI is InChI=1S/C22H29N7O3/c1-14-10-27(11-15(2)32-14)19-18(16-6-4-3-5-7-16)25-21(23)29-20(19)26-28(22(29)30)12-17-13-31-9-8-24-17/h3-7,14-15,17,24H,8-13H2,1-2H3,(H2,23,25)/t14?,15?,17-/m1/s1. The molecule has 32 heavy (non-hydrogen) atoms. The minimum atomic E-state index is -0.299. The monoisotopic (exact) mass is 439 g/mol. The van der Waals surface area contributed by atoms with Gasteiger partial charge in [0.1, 0.15) is 11.4 Å². The summed E-state index contributed by atoms with van der Waals surface area (Å²) in [6.45, 7) is 7.80. The smallest absolute Gasteiger partial charge is 0.353 e. The molecule has 0 bridgehead atoms. The summed E-state index contributed by atoms with van der Waals surface area (Å²) in [5.41, 5.74) is 8.97. The molecule has 10 heteroatoms. The number of nitrogens with two attached hydrogens (primary N) is 1. The molecule has 2 aliphatic rings. The van der Waals surface area contributed by atoms with Gasteiger partial charge in [-0.05, 0) is 13.8 Å². The van der Waals surface area contributed by atoms with Crippen LogP contribution in [-0.2, 0) is 16.0 Å². The molecule has 0 aliphatic carbocycles. The second-order valence-corrected chi connectivity index (χ2v) is 8.55. The summed E-state index contributed by atoms with van der Waals surface area (Å²) in [4.78, 5) is 20.2. The van der Waals surface area contributed by atoms with Crippen LogP contribution < -0.4 is 21.6 Å². The van der Waals surface area contributed by atoms with Crippen LogP contribution in [0.4, 0.5) is 11.6 Å². The lowest BCUT2D eigenvalue weighted by Crippen LogP contribution is -2.46. The topological polar surface area (TPSA) is 112 Å². The van der Waals surface area contributed by atoms with Crippen LogP contribution in [0.3, 0.4) is 0 Å². The first-order valence-electron chi connectivity index (χ1n) is 11.1. The molecule has 0 radical (unpaired) electrons. The van der Waals surface area contributed by atoms with E-state index in [9.17, 15) is 4.79 Å². The Morgan fingerprint density at radius 2 is 1.94 bits per heavy atom. The first-order chi connectivity index (χ1) is 15.5. The first kappa shape index (κ1) is 20.9. The van der Waals surface area contributed by atoms with Crippen LogP contribution in [0.1, 0.15) is 13.8 Å². The van der Waals surface area contributed by atoms with E-state index in [4.69, 9.17) is 20.3 Å². The Morgan fingerprint density at radius 1 is 1.19 bits per heavy atom. The van der Waals surface area contributed by atoms with Crippen molar-refractivity contribution in [2.24, 2.45) is 0 Å². The molecular formula is C22H29N7O3. The highest BCUT2D eigenvalue weighted by Crippen LogP contribution is 2.34. The molecule has 2 unspecified atom stereocenters. The van der Waals surface area contributed by atoms with Gasteiger partial charge in [0.05, 0.1) is 38.0 Å². The van der Waals surface area contributed by atoms with Crippen molar-refractivity contribution in [2.45, 2.75) is 38.6 Å². The Morgan fingerprint density at radius 3 is 2.62 bits per heavy atom. The molecule has 2 saturated heterocycles. The maximum atomic E-state index is 13.3. The third-order valence-corrected chi connectivity index (χ3v) is 5.91. The van der Waals surface area contributed by atoms with Crippen LogP contribution in [-0.4, -0.2) is 70.3 Å². The van der Waals surface area contributed by atoms with Crippen LogP contribution >= 0.6 is 0 Å². The van der Waals surface area contributed by atoms with Gasteiger partial charge in [0, 0.05) is 25.2 Å². The lowest BCUT2D eigenvalue weighted by atomic mass is 10.1. The van der Waals surface area contributed by atoms with Gasteiger partial charge < -0.3 is 25.4 Å². The molecule has 10 nitrogen and oxygen atoms in total. The van der Waals surface area contributed by atoms with E-state index < -0.39 is 0 Å². The van der Waals surface area contributed by atoms with Crippen molar-refractivity contribution in [3.63, 3.8) is 0 Å². The fraction of sp³-hybridized carbons (Fsp3) is 0.500. The molecule has 2 aliphatic heterocycles. The van der Waals surface area contributed by atoms with Gasteiger partial charge in [-0.3, -0.25) is 0 Å². The van der Waals surface area contributed by atoms with Gasteiger partial charge in [-0.15, -0.1) is 5.10 Å². The molecule has 0 spiro atoms. The summed E-state index contributed by atoms with van der Waals surface area (Å²) in [6.07, 6.45) is 0.0785. The van der Waals surface area contributed by atoms with Crippen molar-refractivity contribution < 1.29 is 9.47 Å². The molecule has 170 valence electrons. The normalized spacial score (nSPS) is 24.2. The zero-order valence-corrected chi connectivity index (χ0v) is 18.4. The molecule has 3 atom stereocenters. The SMILES string of the molecule is CC1CN(c2c(-c3ccccc3)nc(N)n3c(=O)n(C[C@@H]4COCCN4)nc23)CC(C)O1. The Balaban J connectivity index is 1.68. The van der Waals surface area contributed by atoms with Gasteiger partial charge in [-0.25, -0.2) is 18.9 Å². The lowest BCUT2D eigenvalue weighted by molar-refractivity contribution is -0.00514. The molecule has 0 saturated carbocycles. The van der Waals surface area contributed by atoms with Crippen molar-refractivity contribution in [1.29, 1.82) is 0 Å². The summed E-state index contributed by atoms with van der Waals surface area (Å²) < 4.78 is 14.4. The number of rotatable bonds is 4. The van der Waals surface area contributed by atoms with E-state index in [-0.39, 0.29) is 29.9 Å². The number of nitrogen functional groups attached to an aromatic ring is 1. The molecule has 2 aromatic heterocycles. The highest BCUT2D eigenvalue weighted by atomic mass is 16.5. The fourth-order valence-electron chi connectivity index (χ4n) is 4.60. The summed E-state index contributed by atoms with van der Waals surface area (Å²) in [6, 6.07) is 9.89. The van der Waals surface area contributed by atoms with E-state index >= 15 is 0 Å². The summed E-state index contributed by atoms with van der Waals surface area (Å²) in [5.74, 6) is 0.126. The number of anilines is 2. The third kappa shape index (κ3) is 3.85. The average molecular weight is 440 g/mol. The van der Waals surface area contributed by atoms with Crippen molar-refractivity contribution in [1.82, 2.24) is 24.5 Å². The van der Waals surface area contributed by atoms with Crippen LogP contribution in [0.5, 0.6) is 0 Å². The number of hydrogen-bond donors (Lipinski definition) is 2. The van der Waals surface area contributed by atoms with Gasteiger partial charge in [-0.1, -0.05) is 30.3 Å². The Labute approximate surface area is 185 Å². The number of nitrogens with zero attached hydrogens (tertiary/aromatic N) is 5. The van der Waals surface area contributed by atoms with E-state index in [1.165, 1.54) is 9.08 Å². The van der Waals surface area contributed by atoms with Gasteiger partial charge in [0.25, 0.3) is 0 Å². The fourth-order valence-corrected chi connectivity index (χ4v) is 4.60. The first-order valence-corrected chi connectivity index (χ1v) is 11.1. The number of ether oxygens (including phenoxy) is 2. The average Bonchev–Trinajstić information content (AvgIpc) is 3.10. The Kier molecular flexibility index (Phi) is 5.58. The van der Waals surface area contributed by atoms with Gasteiger partial charge in [0.15, 0.2) is 5.65 Å². The molecule has 1 aromatic carbocycles. The van der Waals surface area contributed by atoms with Gasteiger partial charge in [0.2, 0.25) is 5.95 Å². The van der Waals surface area contributed by atoms with Gasteiger partial charge >= 0.3 is 5.69 Å². The number of hydrogen-bond acceptors (Lipinski definition) is 8. The molecule has 3 N–H and O–H groups in total. The second-order valence-electron chi connectivity index (χ2n) is 8.55. The predicted molar refractivity (Wildman–Crippen MR) is 122 cm³/mol. The van der Waals surface area contributed by atoms with Crippen LogP contribution in [0.2, 0.25) is 0 Å². The quantitative estimate of drug-likeness (QED) is 0.612. The van der Waals surface area contributed by atoms with Crippen molar-refractivity contribution in [2.75, 3.05) is 43.5 Å². The molecule has 3 aromatic rings. The number of fused-ring (bicyclic) bond motifs is 1. The van der Waals surface area contributed by atoms with Crippen molar-refractivity contribution in [3.05, 3.63) is 40.8 Å². The minimum absolute atomic E-state index is 0.0148. The molecular weight excluding hydrogens is 410 g/mol. The van der Waals surface area contributed by atoms with Crippen LogP contribution in [0, 0.1) is 0 Å². The van der Waals surface area contributed by atoms with Crippen LogP contribution in [0.15, 0.2) is 35.1 Å². The maximum Gasteiger partial charge on any atom is 0.353 e. The second kappa shape index (κ2) is 8.53. The molecule has 4 heterocycles. The predicted octanol–water partition coefficient (Wildman–Crippen LogP) is 0.742. The number of aromatic nitrogens is 4. The third-order valence-electron chi connectivity index (χ3n) is 5.91. The Bertz CT molecular complexity index is 1140. The molecule has 2 fully saturated rings. The minimum Gasteiger partial charge on any atom is -0.378 e. The number of nitrogens with one attached hydrogen (secondary N) is 1. The summed E-state index contributed by atoms with van der Waals surface area (Å²) in [7, 11) is 0. The number of benzene rings is 1. The highest BCUT2D eigenvalue weighted by molar-refractivity contribution is 5.86. The maximum absolute atomic E-state index is 13.3. The zero-order valence-electron chi connectivity index (χ0n) is 18.4. The highest BCUT2D eigenvalue weighted by Gasteiger charge is 2.30. The summed E-state index contributed by atoms with van der Waals surface area (Å²) in [5, 5.41) is 8.12. The van der Waals surface area contributed by atoms with E-state index in [1.54, 1.807) is 0 Å². The van der Waals surface area contributed by atoms with E-state index in [1.807, 2.05) is 44.2 Å². The van der Waals surface area contributed by atoms with Gasteiger partial charge in [-0.2, -0.15) is 0 Å². The number of morpholine rings is 2. The lowest BCUT2D eigenvalue weighted by Gasteiger charge is -2.37. The van der Waals surface area contributed by atoms with E-state index in [2.05, 4.69) is 15.2 Å². The summed E-state index contributed by atoms with van der Waals surface area (Å²) >= 11 is 0. The Hall–Kier alpha value is -2.95. The largest absolute Gasteiger partial charge is 0.378 e. The van der Waals surface area contributed by atoms with E-state index in [0.29, 0.717) is 44.2 Å². The van der Waals surface area contributed by atoms with Crippen LogP contribution in [0.25, 0.3) is 16.9 Å².